The Kier molecular flexibility index (Phi) is 11.3. The summed E-state index contributed by atoms with van der Waals surface area (Å²) >= 11 is 0. The van der Waals surface area contributed by atoms with E-state index < -0.39 is 61.4 Å². The average Bonchev–Trinajstić information content (AvgIpc) is 3.39. The van der Waals surface area contributed by atoms with E-state index >= 15 is 0 Å². The molecule has 0 bridgehead atoms. The first-order valence-electron chi connectivity index (χ1n) is 19.4. The number of fused-ring (bicyclic) bond motifs is 3. The van der Waals surface area contributed by atoms with Crippen molar-refractivity contribution in [2.45, 2.75) is 166 Å². The van der Waals surface area contributed by atoms with Gasteiger partial charge in [0.15, 0.2) is 12.2 Å². The number of esters is 1. The van der Waals surface area contributed by atoms with Crippen LogP contribution in [0.3, 0.4) is 0 Å². The molecule has 3 aliphatic heterocycles. The summed E-state index contributed by atoms with van der Waals surface area (Å²) < 4.78 is 47.9. The summed E-state index contributed by atoms with van der Waals surface area (Å²) in [5, 5.41) is 11.8. The average molecular weight is 799 g/mol. The Balaban J connectivity index is 1.65. The highest BCUT2D eigenvalue weighted by Gasteiger charge is 2.69. The van der Waals surface area contributed by atoms with Crippen LogP contribution in [-0.4, -0.2) is 67.3 Å². The van der Waals surface area contributed by atoms with Crippen LogP contribution in [0.1, 0.15) is 99.8 Å². The normalized spacial score (nSPS) is 26.4. The van der Waals surface area contributed by atoms with Gasteiger partial charge in [-0.3, -0.25) is 0 Å². The molecule has 0 amide bonds. The van der Waals surface area contributed by atoms with E-state index in [2.05, 4.69) is 109 Å². The van der Waals surface area contributed by atoms with Crippen molar-refractivity contribution < 1.29 is 41.8 Å². The number of carbonyl (C=O) groups is 1. The molecule has 9 nitrogen and oxygen atoms in total. The third-order valence-electron chi connectivity index (χ3n) is 12.2. The molecule has 3 aliphatic rings. The second-order valence-electron chi connectivity index (χ2n) is 20.4. The number of hydrogen-bond acceptors (Lipinski definition) is 9. The first kappa shape index (κ1) is 42.8. The maximum atomic E-state index is 13.7. The molecule has 2 saturated heterocycles. The van der Waals surface area contributed by atoms with Gasteiger partial charge in [0.05, 0.1) is 18.8 Å². The maximum Gasteiger partial charge on any atom is 0.349 e. The van der Waals surface area contributed by atoms with Gasteiger partial charge in [-0.25, -0.2) is 4.79 Å². The quantitative estimate of drug-likeness (QED) is 0.167. The zero-order chi connectivity index (χ0) is 40.5. The van der Waals surface area contributed by atoms with Crippen molar-refractivity contribution in [3.8, 4) is 11.5 Å². The van der Waals surface area contributed by atoms with Crippen molar-refractivity contribution in [1.82, 2.24) is 0 Å². The standard InChI is InChI=1S/C42H66O9Si3/c1-38(2,3)52(13,14)49-30-24-29-26-45-42(34(29)31(25-30)50-53(15,16)39(4,5)6)37(44)36(47-33(43)23-22-28-20-18-17-19-21-28)35-32(48-42)27-46-54(51-35,40(7,8)9)41(10,11)12/h17-25,32,35-37,44H,26-27H2,1-16H3/b23-22+/t32-,35-,36+,37-,42+/m1/s1. The molecule has 1 spiro atoms. The van der Waals surface area contributed by atoms with Gasteiger partial charge in [0.25, 0.3) is 0 Å². The maximum absolute atomic E-state index is 13.7. The van der Waals surface area contributed by atoms with Crippen molar-refractivity contribution in [3.63, 3.8) is 0 Å². The molecule has 2 aromatic carbocycles. The molecule has 0 aliphatic carbocycles. The Labute approximate surface area is 327 Å². The number of aliphatic hydroxyl groups excluding tert-OH is 1. The van der Waals surface area contributed by atoms with Gasteiger partial charge in [0.1, 0.15) is 23.7 Å². The molecule has 2 fully saturated rings. The zero-order valence-corrected chi connectivity index (χ0v) is 38.6. The van der Waals surface area contributed by atoms with E-state index in [1.165, 1.54) is 6.08 Å². The van der Waals surface area contributed by atoms with Gasteiger partial charge in [-0.05, 0) is 59.5 Å². The first-order chi connectivity index (χ1) is 24.6. The minimum absolute atomic E-state index is 0.0342. The Morgan fingerprint density at radius 2 is 1.44 bits per heavy atom. The van der Waals surface area contributed by atoms with Crippen LogP contribution in [0.25, 0.3) is 6.08 Å². The summed E-state index contributed by atoms with van der Waals surface area (Å²) in [6.07, 6.45) is -1.11. The number of ether oxygens (including phenoxy) is 3. The first-order valence-corrected chi connectivity index (χ1v) is 27.0. The molecule has 5 atom stereocenters. The van der Waals surface area contributed by atoms with E-state index in [-0.39, 0.29) is 33.4 Å². The smallest absolute Gasteiger partial charge is 0.349 e. The topological polar surface area (TPSA) is 102 Å². The second kappa shape index (κ2) is 14.3. The minimum Gasteiger partial charge on any atom is -0.543 e. The van der Waals surface area contributed by atoms with Crippen molar-refractivity contribution >= 4 is 37.2 Å². The highest BCUT2D eigenvalue weighted by Crippen LogP contribution is 2.58. The molecule has 300 valence electrons. The van der Waals surface area contributed by atoms with Gasteiger partial charge in [0.2, 0.25) is 22.4 Å². The minimum atomic E-state index is -3.09. The summed E-state index contributed by atoms with van der Waals surface area (Å²) in [7, 11) is -7.81. The van der Waals surface area contributed by atoms with Crippen LogP contribution in [0, 0.1) is 0 Å². The number of carbonyl (C=O) groups excluding carboxylic acids is 1. The number of rotatable bonds is 7. The number of benzene rings is 2. The van der Waals surface area contributed by atoms with Crippen molar-refractivity contribution in [1.29, 1.82) is 0 Å². The van der Waals surface area contributed by atoms with E-state index in [4.69, 9.17) is 31.9 Å². The molecule has 0 unspecified atom stereocenters. The van der Waals surface area contributed by atoms with Crippen LogP contribution in [0.4, 0.5) is 0 Å². The number of hydrogen-bond donors (Lipinski definition) is 1. The lowest BCUT2D eigenvalue weighted by molar-refractivity contribution is -0.373. The van der Waals surface area contributed by atoms with Crippen LogP contribution in [0.15, 0.2) is 48.5 Å². The summed E-state index contributed by atoms with van der Waals surface area (Å²) in [6, 6.07) is 13.5. The molecule has 0 radical (unpaired) electrons. The SMILES string of the molecule is CC(C)(C)[Si](C)(C)Oc1cc2c(c(O[Si](C)(C)C(C)(C)C)c1)[C@]1(OC2)O[C@@H]2CO[Si](C(C)(C)C)(C(C)(C)C)O[C@H]2[C@H](OC(=O)/C=C/c2ccccc2)[C@H]1O. The molecule has 5 rings (SSSR count). The van der Waals surface area contributed by atoms with Gasteiger partial charge in [-0.1, -0.05) is 113 Å². The predicted molar refractivity (Wildman–Crippen MR) is 221 cm³/mol. The number of aliphatic hydroxyl groups is 1. The van der Waals surface area contributed by atoms with Gasteiger partial charge < -0.3 is 37.0 Å². The van der Waals surface area contributed by atoms with Crippen molar-refractivity contribution in [2.75, 3.05) is 6.61 Å². The van der Waals surface area contributed by atoms with E-state index in [1.54, 1.807) is 6.08 Å². The van der Waals surface area contributed by atoms with E-state index in [0.717, 1.165) is 11.1 Å². The lowest BCUT2D eigenvalue weighted by Crippen LogP contribution is -2.73. The van der Waals surface area contributed by atoms with E-state index in [1.807, 2.05) is 42.5 Å². The fourth-order valence-corrected chi connectivity index (χ4v) is 14.4. The molecule has 0 saturated carbocycles. The predicted octanol–water partition coefficient (Wildman–Crippen LogP) is 9.98. The van der Waals surface area contributed by atoms with Gasteiger partial charge >= 0.3 is 14.5 Å². The molecular formula is C42H66O9Si3. The lowest BCUT2D eigenvalue weighted by Gasteiger charge is -2.58. The molecule has 12 heteroatoms. The summed E-state index contributed by atoms with van der Waals surface area (Å²) in [5.41, 5.74) is 2.22. The lowest BCUT2D eigenvalue weighted by atomic mass is 9.87. The zero-order valence-electron chi connectivity index (χ0n) is 35.6. The fraction of sp³-hybridized carbons (Fsp3) is 0.643. The molecule has 2 aromatic rings. The Morgan fingerprint density at radius 1 is 0.870 bits per heavy atom. The van der Waals surface area contributed by atoms with Crippen molar-refractivity contribution in [3.05, 3.63) is 65.2 Å². The molecule has 1 N–H and O–H groups in total. The van der Waals surface area contributed by atoms with Gasteiger partial charge in [-0.15, -0.1) is 0 Å². The van der Waals surface area contributed by atoms with Crippen LogP contribution in [-0.2, 0) is 40.3 Å². The van der Waals surface area contributed by atoms with Crippen LogP contribution in [0.2, 0.25) is 46.3 Å². The Morgan fingerprint density at radius 3 is 2.00 bits per heavy atom. The van der Waals surface area contributed by atoms with Gasteiger partial charge in [0, 0.05) is 22.2 Å². The molecule has 3 heterocycles. The van der Waals surface area contributed by atoms with Crippen molar-refractivity contribution in [2.24, 2.45) is 0 Å². The molecular weight excluding hydrogens is 733 g/mol. The summed E-state index contributed by atoms with van der Waals surface area (Å²) in [4.78, 5) is 13.7. The monoisotopic (exact) mass is 798 g/mol. The van der Waals surface area contributed by atoms with E-state index in [9.17, 15) is 9.90 Å². The van der Waals surface area contributed by atoms with Crippen LogP contribution in [0.5, 0.6) is 11.5 Å². The Bertz CT molecular complexity index is 1700. The van der Waals surface area contributed by atoms with Crippen LogP contribution >= 0.6 is 0 Å². The third-order valence-corrected chi connectivity index (χ3v) is 26.0. The largest absolute Gasteiger partial charge is 0.543 e. The Hall–Kier alpha value is -2.30. The fourth-order valence-electron chi connectivity index (χ4n) is 7.36. The van der Waals surface area contributed by atoms with Gasteiger partial charge in [-0.2, -0.15) is 0 Å². The third kappa shape index (κ3) is 7.83. The molecule has 54 heavy (non-hydrogen) atoms. The molecule has 0 aromatic heterocycles. The highest BCUT2D eigenvalue weighted by molar-refractivity contribution is 6.75. The summed E-state index contributed by atoms with van der Waals surface area (Å²) in [6.45, 7) is 35.1. The van der Waals surface area contributed by atoms with Crippen LogP contribution < -0.4 is 8.85 Å². The second-order valence-corrected chi connectivity index (χ2v) is 34.6. The summed E-state index contributed by atoms with van der Waals surface area (Å²) in [5.74, 6) is -1.11. The highest BCUT2D eigenvalue weighted by atomic mass is 28.4. The van der Waals surface area contributed by atoms with E-state index in [0.29, 0.717) is 17.1 Å².